The number of imidazole rings is 1. The first kappa shape index (κ1) is 14.5. The molecule has 0 N–H and O–H groups in total. The lowest BCUT2D eigenvalue weighted by Gasteiger charge is -2.23. The third-order valence-corrected chi connectivity index (χ3v) is 7.26. The number of hydrogen-bond donors (Lipinski definition) is 0. The lowest BCUT2D eigenvalue weighted by Crippen LogP contribution is -2.37. The van der Waals surface area contributed by atoms with Crippen LogP contribution in [0.5, 0.6) is 0 Å². The zero-order valence-corrected chi connectivity index (χ0v) is 14.5. The third kappa shape index (κ3) is 1.64. The summed E-state index contributed by atoms with van der Waals surface area (Å²) in [5, 5.41) is 0. The van der Waals surface area contributed by atoms with Crippen molar-refractivity contribution in [2.24, 2.45) is 44.8 Å². The van der Waals surface area contributed by atoms with Crippen LogP contribution < -0.4 is 11.2 Å². The fourth-order valence-electron chi connectivity index (χ4n) is 6.13. The summed E-state index contributed by atoms with van der Waals surface area (Å²) in [5.41, 5.74) is 0.529. The Morgan fingerprint density at radius 1 is 0.875 bits per heavy atom. The van der Waals surface area contributed by atoms with Gasteiger partial charge >= 0.3 is 5.69 Å². The molecule has 0 aliphatic heterocycles. The van der Waals surface area contributed by atoms with E-state index in [-0.39, 0.29) is 11.2 Å². The van der Waals surface area contributed by atoms with Crippen LogP contribution in [0.3, 0.4) is 0 Å². The van der Waals surface area contributed by atoms with Gasteiger partial charge in [0.25, 0.3) is 5.56 Å². The smallest absolute Gasteiger partial charge is 0.325 e. The van der Waals surface area contributed by atoms with Crippen molar-refractivity contribution in [3.63, 3.8) is 0 Å². The standard InChI is InChI=1S/C18H24N4O2/c1-20-14-16(21(2)18(24)22(3)17(14)23)19-15(20)11-7-12-9-4-5-10(6-9)13(12)8-11/h9-13H,4-8H2,1-3H3/t9-,10-,11?,12-,13+/m0/s1. The molecule has 2 aromatic rings. The zero-order valence-electron chi connectivity index (χ0n) is 14.5. The van der Waals surface area contributed by atoms with Crippen LogP contribution in [0.2, 0.25) is 0 Å². The molecule has 0 amide bonds. The molecule has 3 saturated carbocycles. The second kappa shape index (κ2) is 4.61. The molecule has 2 aromatic heterocycles. The molecule has 5 rings (SSSR count). The van der Waals surface area contributed by atoms with Crippen molar-refractivity contribution in [2.45, 2.75) is 38.0 Å². The van der Waals surface area contributed by atoms with Gasteiger partial charge in [-0.3, -0.25) is 13.9 Å². The number of rotatable bonds is 1. The van der Waals surface area contributed by atoms with Crippen molar-refractivity contribution in [3.05, 3.63) is 26.7 Å². The number of fused-ring (bicyclic) bond motifs is 6. The first-order chi connectivity index (χ1) is 11.5. The minimum Gasteiger partial charge on any atom is -0.325 e. The van der Waals surface area contributed by atoms with Gasteiger partial charge in [-0.05, 0) is 55.8 Å². The van der Waals surface area contributed by atoms with Crippen molar-refractivity contribution in [2.75, 3.05) is 0 Å². The monoisotopic (exact) mass is 328 g/mol. The SMILES string of the molecule is Cn1c(=O)c2c(nc(C3C[C@@H]4[C@H]5CC[C@@H](C5)[C@@H]4C3)n2C)n(C)c1=O. The maximum Gasteiger partial charge on any atom is 0.332 e. The van der Waals surface area contributed by atoms with Crippen LogP contribution in [-0.2, 0) is 21.1 Å². The van der Waals surface area contributed by atoms with Gasteiger partial charge in [-0.15, -0.1) is 0 Å². The molecule has 0 spiro atoms. The molecule has 0 aromatic carbocycles. The summed E-state index contributed by atoms with van der Waals surface area (Å²) in [4.78, 5) is 29.5. The van der Waals surface area contributed by atoms with Gasteiger partial charge in [0.1, 0.15) is 5.82 Å². The van der Waals surface area contributed by atoms with Crippen molar-refractivity contribution >= 4 is 11.2 Å². The molecule has 6 heteroatoms. The van der Waals surface area contributed by atoms with Gasteiger partial charge in [0.15, 0.2) is 11.2 Å². The molecule has 1 unspecified atom stereocenters. The van der Waals surface area contributed by atoms with E-state index in [2.05, 4.69) is 0 Å². The molecule has 0 saturated heterocycles. The first-order valence-corrected chi connectivity index (χ1v) is 9.09. The Labute approximate surface area is 140 Å². The average molecular weight is 328 g/mol. The van der Waals surface area contributed by atoms with Gasteiger partial charge in [0.05, 0.1) is 0 Å². The number of aryl methyl sites for hydroxylation is 2. The molecule has 3 fully saturated rings. The Morgan fingerprint density at radius 3 is 2.12 bits per heavy atom. The zero-order chi connectivity index (χ0) is 16.7. The largest absolute Gasteiger partial charge is 0.332 e. The Kier molecular flexibility index (Phi) is 2.78. The van der Waals surface area contributed by atoms with Gasteiger partial charge in [-0.2, -0.15) is 0 Å². The van der Waals surface area contributed by atoms with Crippen molar-refractivity contribution in [3.8, 4) is 0 Å². The molecule has 3 aliphatic rings. The summed E-state index contributed by atoms with van der Waals surface area (Å²) >= 11 is 0. The molecule has 0 radical (unpaired) electrons. The summed E-state index contributed by atoms with van der Waals surface area (Å²) in [7, 11) is 5.16. The predicted molar refractivity (Wildman–Crippen MR) is 91.0 cm³/mol. The molecule has 128 valence electrons. The highest BCUT2D eigenvalue weighted by Crippen LogP contribution is 2.61. The molecular weight excluding hydrogens is 304 g/mol. The Bertz CT molecular complexity index is 948. The van der Waals surface area contributed by atoms with Crippen LogP contribution in [0.25, 0.3) is 11.2 Å². The van der Waals surface area contributed by atoms with Crippen LogP contribution >= 0.6 is 0 Å². The Balaban J connectivity index is 1.63. The van der Waals surface area contributed by atoms with E-state index in [1.165, 1.54) is 48.3 Å². The van der Waals surface area contributed by atoms with Crippen LogP contribution in [0.15, 0.2) is 9.59 Å². The van der Waals surface area contributed by atoms with E-state index in [1.807, 2.05) is 11.6 Å². The molecule has 6 nitrogen and oxygen atoms in total. The minimum absolute atomic E-state index is 0.243. The second-order valence-corrected chi connectivity index (χ2v) is 8.24. The Morgan fingerprint density at radius 2 is 1.50 bits per heavy atom. The Hall–Kier alpha value is -1.85. The van der Waals surface area contributed by atoms with Gasteiger partial charge in [-0.25, -0.2) is 9.78 Å². The molecular formula is C18H24N4O2. The van der Waals surface area contributed by atoms with Gasteiger partial charge in [0.2, 0.25) is 0 Å². The quantitative estimate of drug-likeness (QED) is 0.797. The summed E-state index contributed by atoms with van der Waals surface area (Å²) in [6.07, 6.45) is 6.68. The molecule has 2 bridgehead atoms. The fraction of sp³-hybridized carbons (Fsp3) is 0.722. The summed E-state index contributed by atoms with van der Waals surface area (Å²) < 4.78 is 4.63. The molecule has 5 atom stereocenters. The van der Waals surface area contributed by atoms with E-state index >= 15 is 0 Å². The van der Waals surface area contributed by atoms with Crippen molar-refractivity contribution in [1.29, 1.82) is 0 Å². The molecule has 3 aliphatic carbocycles. The van der Waals surface area contributed by atoms with E-state index < -0.39 is 0 Å². The summed E-state index contributed by atoms with van der Waals surface area (Å²) in [6, 6.07) is 0. The van der Waals surface area contributed by atoms with Gasteiger partial charge in [-0.1, -0.05) is 0 Å². The van der Waals surface area contributed by atoms with E-state index in [0.29, 0.717) is 17.1 Å². The fourth-order valence-corrected chi connectivity index (χ4v) is 6.13. The van der Waals surface area contributed by atoms with Gasteiger partial charge in [0, 0.05) is 27.1 Å². The van der Waals surface area contributed by atoms with E-state index in [0.717, 1.165) is 29.5 Å². The maximum absolute atomic E-state index is 12.5. The van der Waals surface area contributed by atoms with E-state index in [1.54, 1.807) is 7.05 Å². The third-order valence-electron chi connectivity index (χ3n) is 7.26. The lowest BCUT2D eigenvalue weighted by atomic mass is 9.82. The topological polar surface area (TPSA) is 61.8 Å². The maximum atomic E-state index is 12.5. The van der Waals surface area contributed by atoms with Crippen LogP contribution in [0.4, 0.5) is 0 Å². The molecule has 2 heterocycles. The molecule has 24 heavy (non-hydrogen) atoms. The second-order valence-electron chi connectivity index (χ2n) is 8.24. The highest BCUT2D eigenvalue weighted by molar-refractivity contribution is 5.71. The van der Waals surface area contributed by atoms with E-state index in [9.17, 15) is 9.59 Å². The minimum atomic E-state index is -0.307. The number of nitrogens with zero attached hydrogens (tertiary/aromatic N) is 4. The van der Waals surface area contributed by atoms with E-state index in [4.69, 9.17) is 4.98 Å². The van der Waals surface area contributed by atoms with Crippen LogP contribution in [0.1, 0.15) is 43.8 Å². The average Bonchev–Trinajstić information content (AvgIpc) is 3.30. The summed E-state index contributed by atoms with van der Waals surface area (Å²) in [6.45, 7) is 0. The number of hydrogen-bond acceptors (Lipinski definition) is 3. The van der Waals surface area contributed by atoms with Crippen LogP contribution in [0, 0.1) is 23.7 Å². The lowest BCUT2D eigenvalue weighted by molar-refractivity contribution is 0.259. The van der Waals surface area contributed by atoms with Gasteiger partial charge < -0.3 is 4.57 Å². The highest BCUT2D eigenvalue weighted by atomic mass is 16.2. The van der Waals surface area contributed by atoms with Crippen molar-refractivity contribution < 1.29 is 0 Å². The predicted octanol–water partition coefficient (Wildman–Crippen LogP) is 1.51. The van der Waals surface area contributed by atoms with Crippen LogP contribution in [-0.4, -0.2) is 18.7 Å². The first-order valence-electron chi connectivity index (χ1n) is 9.09. The normalized spacial score (nSPS) is 34.4. The van der Waals surface area contributed by atoms with Crippen molar-refractivity contribution in [1.82, 2.24) is 18.7 Å². The summed E-state index contributed by atoms with van der Waals surface area (Å²) in [5.74, 6) is 5.01. The number of aromatic nitrogens is 4. The highest BCUT2D eigenvalue weighted by Gasteiger charge is 2.52.